The monoisotopic (exact) mass is 453 g/mol. The lowest BCUT2D eigenvalue weighted by molar-refractivity contribution is 0.0992. The molecule has 6 nitrogen and oxygen atoms in total. The summed E-state index contributed by atoms with van der Waals surface area (Å²) in [5.74, 6) is 0.802. The van der Waals surface area contributed by atoms with Gasteiger partial charge < -0.3 is 14.5 Å². The van der Waals surface area contributed by atoms with Gasteiger partial charge in [0, 0.05) is 6.20 Å². The molecule has 0 radical (unpaired) electrons. The van der Waals surface area contributed by atoms with Crippen molar-refractivity contribution in [1.82, 2.24) is 9.78 Å². The Balaban J connectivity index is 1.37. The van der Waals surface area contributed by atoms with Crippen LogP contribution >= 0.6 is 11.6 Å². The van der Waals surface area contributed by atoms with E-state index in [1.807, 2.05) is 26.0 Å². The predicted octanol–water partition coefficient (Wildman–Crippen LogP) is 5.77. The van der Waals surface area contributed by atoms with E-state index in [9.17, 15) is 9.18 Å². The molecule has 164 valence electrons. The van der Waals surface area contributed by atoms with Crippen molar-refractivity contribution < 1.29 is 18.3 Å². The molecule has 4 rings (SSSR count). The van der Waals surface area contributed by atoms with E-state index < -0.39 is 5.91 Å². The highest BCUT2D eigenvalue weighted by Crippen LogP contribution is 2.22. The van der Waals surface area contributed by atoms with Gasteiger partial charge in [0.05, 0.1) is 6.54 Å². The second kappa shape index (κ2) is 9.28. The van der Waals surface area contributed by atoms with Gasteiger partial charge in [-0.3, -0.25) is 9.48 Å². The molecule has 0 aliphatic carbocycles. The lowest BCUT2D eigenvalue weighted by Crippen LogP contribution is -2.12. The van der Waals surface area contributed by atoms with E-state index in [1.54, 1.807) is 35.1 Å². The first-order valence-electron chi connectivity index (χ1n) is 9.94. The van der Waals surface area contributed by atoms with Gasteiger partial charge >= 0.3 is 0 Å². The van der Waals surface area contributed by atoms with Gasteiger partial charge in [-0.05, 0) is 66.9 Å². The molecule has 0 saturated heterocycles. The van der Waals surface area contributed by atoms with E-state index in [4.69, 9.17) is 20.8 Å². The van der Waals surface area contributed by atoms with E-state index in [2.05, 4.69) is 16.5 Å². The molecule has 4 aromatic rings. The summed E-state index contributed by atoms with van der Waals surface area (Å²) in [6.45, 7) is 4.59. The van der Waals surface area contributed by atoms with Gasteiger partial charge in [-0.15, -0.1) is 0 Å². The maximum absolute atomic E-state index is 13.1. The Bertz CT molecular complexity index is 1230. The molecule has 1 N–H and O–H groups in total. The second-order valence-corrected chi connectivity index (χ2v) is 7.89. The summed E-state index contributed by atoms with van der Waals surface area (Å²) in [5.41, 5.74) is 3.06. The minimum Gasteiger partial charge on any atom is -0.486 e. The number of rotatable bonds is 7. The number of hydrogen-bond acceptors (Lipinski definition) is 4. The summed E-state index contributed by atoms with van der Waals surface area (Å²) in [6.07, 6.45) is 1.59. The number of carbonyl (C=O) groups excluding carboxylic acids is 1. The summed E-state index contributed by atoms with van der Waals surface area (Å²) in [6, 6.07) is 15.3. The van der Waals surface area contributed by atoms with Crippen LogP contribution in [0.15, 0.2) is 65.2 Å². The molecule has 0 spiro atoms. The molecular weight excluding hydrogens is 433 g/mol. The van der Waals surface area contributed by atoms with Crippen LogP contribution in [0.3, 0.4) is 0 Å². The first-order valence-corrected chi connectivity index (χ1v) is 10.3. The standard InChI is InChI=1S/C24H21ClFN3O3/c1-15-9-16(2)11-20(10-15)31-14-19-7-8-22(32-19)24(30)27-23-21(25)13-29(28-23)12-17-3-5-18(26)6-4-17/h3-11,13H,12,14H2,1-2H3,(H,27,28,30). The van der Waals surface area contributed by atoms with Crippen LogP contribution < -0.4 is 10.1 Å². The SMILES string of the molecule is Cc1cc(C)cc(OCc2ccc(C(=O)Nc3nn(Cc4ccc(F)cc4)cc3Cl)o2)c1. The number of benzene rings is 2. The maximum Gasteiger partial charge on any atom is 0.292 e. The molecule has 32 heavy (non-hydrogen) atoms. The van der Waals surface area contributed by atoms with Gasteiger partial charge in [0.15, 0.2) is 11.6 Å². The van der Waals surface area contributed by atoms with Crippen molar-refractivity contribution >= 4 is 23.3 Å². The molecule has 2 aromatic heterocycles. The molecule has 0 bridgehead atoms. The van der Waals surface area contributed by atoms with Gasteiger partial charge in [-0.1, -0.05) is 29.8 Å². The molecular formula is C24H21ClFN3O3. The normalized spacial score (nSPS) is 10.9. The zero-order valence-corrected chi connectivity index (χ0v) is 18.3. The van der Waals surface area contributed by atoms with Crippen LogP contribution in [0, 0.1) is 19.7 Å². The topological polar surface area (TPSA) is 69.3 Å². The van der Waals surface area contributed by atoms with Gasteiger partial charge in [-0.25, -0.2) is 4.39 Å². The lowest BCUT2D eigenvalue weighted by Gasteiger charge is -2.06. The van der Waals surface area contributed by atoms with Crippen molar-refractivity contribution in [1.29, 1.82) is 0 Å². The van der Waals surface area contributed by atoms with Gasteiger partial charge in [0.2, 0.25) is 0 Å². The molecule has 2 aromatic carbocycles. The zero-order chi connectivity index (χ0) is 22.7. The molecule has 2 heterocycles. The number of ether oxygens (including phenoxy) is 1. The third kappa shape index (κ3) is 5.36. The molecule has 0 unspecified atom stereocenters. The number of amides is 1. The van der Waals surface area contributed by atoms with Crippen molar-refractivity contribution in [3.8, 4) is 5.75 Å². The van der Waals surface area contributed by atoms with Crippen LogP contribution in [0.5, 0.6) is 5.75 Å². The highest BCUT2D eigenvalue weighted by molar-refractivity contribution is 6.33. The van der Waals surface area contributed by atoms with Crippen molar-refractivity contribution in [3.05, 3.63) is 99.8 Å². The van der Waals surface area contributed by atoms with Crippen molar-refractivity contribution in [2.24, 2.45) is 0 Å². The van der Waals surface area contributed by atoms with Crippen LogP contribution in [0.1, 0.15) is 33.0 Å². The van der Waals surface area contributed by atoms with Crippen LogP contribution in [0.25, 0.3) is 0 Å². The fourth-order valence-corrected chi connectivity index (χ4v) is 3.45. The van der Waals surface area contributed by atoms with E-state index in [0.29, 0.717) is 12.3 Å². The molecule has 0 aliphatic rings. The third-order valence-electron chi connectivity index (χ3n) is 4.67. The molecule has 1 amide bonds. The van der Waals surface area contributed by atoms with E-state index in [1.165, 1.54) is 12.1 Å². The van der Waals surface area contributed by atoms with E-state index >= 15 is 0 Å². The molecule has 0 fully saturated rings. The first-order chi connectivity index (χ1) is 15.4. The number of hydrogen-bond donors (Lipinski definition) is 1. The number of anilines is 1. The van der Waals surface area contributed by atoms with Crippen LogP contribution in [0.2, 0.25) is 5.02 Å². The molecule has 0 aliphatic heterocycles. The molecule has 8 heteroatoms. The van der Waals surface area contributed by atoms with Crippen molar-refractivity contribution in [2.75, 3.05) is 5.32 Å². The highest BCUT2D eigenvalue weighted by atomic mass is 35.5. The zero-order valence-electron chi connectivity index (χ0n) is 17.6. The van der Waals surface area contributed by atoms with Crippen LogP contribution in [-0.4, -0.2) is 15.7 Å². The number of aryl methyl sites for hydroxylation is 2. The predicted molar refractivity (Wildman–Crippen MR) is 120 cm³/mol. The van der Waals surface area contributed by atoms with Crippen LogP contribution in [0.4, 0.5) is 10.2 Å². The second-order valence-electron chi connectivity index (χ2n) is 7.48. The Kier molecular flexibility index (Phi) is 6.28. The van der Waals surface area contributed by atoms with E-state index in [-0.39, 0.29) is 29.0 Å². The highest BCUT2D eigenvalue weighted by Gasteiger charge is 2.16. The van der Waals surface area contributed by atoms with E-state index in [0.717, 1.165) is 22.4 Å². The van der Waals surface area contributed by atoms with Crippen molar-refractivity contribution in [2.45, 2.75) is 27.0 Å². The van der Waals surface area contributed by atoms with Gasteiger partial charge in [0.1, 0.15) is 29.0 Å². The largest absolute Gasteiger partial charge is 0.486 e. The van der Waals surface area contributed by atoms with Gasteiger partial charge in [0.25, 0.3) is 5.91 Å². The average molecular weight is 454 g/mol. The van der Waals surface area contributed by atoms with Crippen molar-refractivity contribution in [3.63, 3.8) is 0 Å². The first kappa shape index (κ1) is 21.6. The Hall–Kier alpha value is -3.58. The number of carbonyl (C=O) groups is 1. The Morgan fingerprint density at radius 1 is 1.12 bits per heavy atom. The molecule has 0 atom stereocenters. The minimum absolute atomic E-state index is 0.119. The lowest BCUT2D eigenvalue weighted by atomic mass is 10.1. The summed E-state index contributed by atoms with van der Waals surface area (Å²) >= 11 is 6.21. The number of aromatic nitrogens is 2. The molecule has 0 saturated carbocycles. The summed E-state index contributed by atoms with van der Waals surface area (Å²) < 4.78 is 26.0. The summed E-state index contributed by atoms with van der Waals surface area (Å²) in [7, 11) is 0. The fourth-order valence-electron chi connectivity index (χ4n) is 3.26. The Morgan fingerprint density at radius 3 is 2.56 bits per heavy atom. The third-order valence-corrected chi connectivity index (χ3v) is 4.95. The van der Waals surface area contributed by atoms with Gasteiger partial charge in [-0.2, -0.15) is 5.10 Å². The fraction of sp³-hybridized carbons (Fsp3) is 0.167. The Morgan fingerprint density at radius 2 is 1.84 bits per heavy atom. The summed E-state index contributed by atoms with van der Waals surface area (Å²) in [5, 5.41) is 7.21. The minimum atomic E-state index is -0.475. The number of nitrogens with zero attached hydrogens (tertiary/aromatic N) is 2. The Labute approximate surface area is 189 Å². The number of nitrogens with one attached hydrogen (secondary N) is 1. The maximum atomic E-state index is 13.1. The quantitative estimate of drug-likeness (QED) is 0.386. The van der Waals surface area contributed by atoms with Crippen LogP contribution in [-0.2, 0) is 13.2 Å². The smallest absolute Gasteiger partial charge is 0.292 e. The summed E-state index contributed by atoms with van der Waals surface area (Å²) in [4.78, 5) is 12.6. The number of furan rings is 1. The average Bonchev–Trinajstić information content (AvgIpc) is 3.34. The number of halogens is 2.